The van der Waals surface area contributed by atoms with Crippen molar-refractivity contribution in [1.82, 2.24) is 14.9 Å². The number of ether oxygens (including phenoxy) is 1. The number of likely N-dealkylation sites (tertiary alicyclic amines) is 1. The smallest absolute Gasteiger partial charge is 0.251 e. The lowest BCUT2D eigenvalue weighted by molar-refractivity contribution is 0.0924. The summed E-state index contributed by atoms with van der Waals surface area (Å²) < 4.78 is 38.4. The predicted octanol–water partition coefficient (Wildman–Crippen LogP) is 3.72. The van der Waals surface area contributed by atoms with Crippen LogP contribution in [0.25, 0.3) is 0 Å². The first-order valence-electron chi connectivity index (χ1n) is 11.7. The zero-order chi connectivity index (χ0) is 24.7. The summed E-state index contributed by atoms with van der Waals surface area (Å²) in [6.07, 6.45) is 4.96. The van der Waals surface area contributed by atoms with E-state index in [9.17, 15) is 13.2 Å². The SMILES string of the molecule is COc1ccc([C@H](CNC(=O)c2cccc(S(=O)(=O)NCc3ccco3)c2)N2CCCCC2)cc1. The van der Waals surface area contributed by atoms with Crippen molar-refractivity contribution in [3.05, 3.63) is 83.8 Å². The molecule has 0 saturated carbocycles. The highest BCUT2D eigenvalue weighted by atomic mass is 32.2. The fourth-order valence-electron chi connectivity index (χ4n) is 4.27. The predicted molar refractivity (Wildman–Crippen MR) is 133 cm³/mol. The first-order valence-corrected chi connectivity index (χ1v) is 13.2. The van der Waals surface area contributed by atoms with Crippen LogP contribution in [0.2, 0.25) is 0 Å². The topological polar surface area (TPSA) is 101 Å². The van der Waals surface area contributed by atoms with Gasteiger partial charge in [0.15, 0.2) is 0 Å². The third-order valence-electron chi connectivity index (χ3n) is 6.21. The Morgan fingerprint density at radius 1 is 1.06 bits per heavy atom. The highest BCUT2D eigenvalue weighted by Crippen LogP contribution is 2.26. The van der Waals surface area contributed by atoms with Gasteiger partial charge in [0.1, 0.15) is 11.5 Å². The van der Waals surface area contributed by atoms with Gasteiger partial charge in [-0.15, -0.1) is 0 Å². The third-order valence-corrected chi connectivity index (χ3v) is 7.61. The minimum Gasteiger partial charge on any atom is -0.497 e. The fraction of sp³-hybridized carbons (Fsp3) is 0.346. The summed E-state index contributed by atoms with van der Waals surface area (Å²) in [4.78, 5) is 15.4. The molecule has 0 unspecified atom stereocenters. The van der Waals surface area contributed by atoms with Crippen molar-refractivity contribution in [2.24, 2.45) is 0 Å². The third kappa shape index (κ3) is 6.50. The molecule has 1 saturated heterocycles. The minimum absolute atomic E-state index is 0.0204. The quantitative estimate of drug-likeness (QED) is 0.443. The van der Waals surface area contributed by atoms with E-state index >= 15 is 0 Å². The molecular formula is C26H31N3O5S. The van der Waals surface area contributed by atoms with Crippen molar-refractivity contribution in [3.63, 3.8) is 0 Å². The van der Waals surface area contributed by atoms with E-state index in [1.54, 1.807) is 31.4 Å². The Hall–Kier alpha value is -3.14. The van der Waals surface area contributed by atoms with Gasteiger partial charge in [0, 0.05) is 12.1 Å². The summed E-state index contributed by atoms with van der Waals surface area (Å²) in [6.45, 7) is 2.40. The zero-order valence-corrected chi connectivity index (χ0v) is 20.6. The standard InChI is InChI=1S/C26H31N3O5S/c1-33-22-12-10-20(11-13-22)25(29-14-3-2-4-15-29)19-27-26(30)21-7-5-9-24(17-21)35(31,32)28-18-23-8-6-16-34-23/h5-13,16-17,25,28H,2-4,14-15,18-19H2,1H3,(H,27,30)/t25-/m0/s1. The Morgan fingerprint density at radius 3 is 2.51 bits per heavy atom. The molecule has 0 bridgehead atoms. The second kappa shape index (κ2) is 11.5. The molecule has 0 spiro atoms. The molecule has 2 aromatic carbocycles. The molecule has 8 nitrogen and oxygen atoms in total. The summed E-state index contributed by atoms with van der Waals surface area (Å²) >= 11 is 0. The molecule has 0 aliphatic carbocycles. The largest absolute Gasteiger partial charge is 0.497 e. The normalized spacial score (nSPS) is 15.5. The van der Waals surface area contributed by atoms with E-state index in [1.165, 1.54) is 24.8 Å². The van der Waals surface area contributed by atoms with Crippen LogP contribution in [0.4, 0.5) is 0 Å². The number of carbonyl (C=O) groups is 1. The van der Waals surface area contributed by atoms with Crippen LogP contribution in [-0.2, 0) is 16.6 Å². The van der Waals surface area contributed by atoms with E-state index in [4.69, 9.17) is 9.15 Å². The van der Waals surface area contributed by atoms with Crippen LogP contribution in [0, 0.1) is 0 Å². The zero-order valence-electron chi connectivity index (χ0n) is 19.8. The average molecular weight is 498 g/mol. The van der Waals surface area contributed by atoms with E-state index in [0.717, 1.165) is 37.2 Å². The van der Waals surface area contributed by atoms with Gasteiger partial charge in [0.2, 0.25) is 10.0 Å². The lowest BCUT2D eigenvalue weighted by atomic mass is 10.0. The van der Waals surface area contributed by atoms with Crippen LogP contribution in [-0.4, -0.2) is 46.0 Å². The summed E-state index contributed by atoms with van der Waals surface area (Å²) in [5, 5.41) is 3.01. The number of piperidine rings is 1. The second-order valence-corrected chi connectivity index (χ2v) is 10.3. The average Bonchev–Trinajstić information content (AvgIpc) is 3.43. The van der Waals surface area contributed by atoms with Gasteiger partial charge in [-0.1, -0.05) is 24.6 Å². The Labute approximate surface area is 206 Å². The van der Waals surface area contributed by atoms with E-state index in [-0.39, 0.29) is 29.0 Å². The van der Waals surface area contributed by atoms with Crippen molar-refractivity contribution in [2.45, 2.75) is 36.7 Å². The van der Waals surface area contributed by atoms with Gasteiger partial charge in [0.05, 0.1) is 30.9 Å². The molecule has 1 amide bonds. The summed E-state index contributed by atoms with van der Waals surface area (Å²) in [7, 11) is -2.16. The molecule has 35 heavy (non-hydrogen) atoms. The number of amides is 1. The molecule has 0 radical (unpaired) electrons. The van der Waals surface area contributed by atoms with Gasteiger partial charge in [0.25, 0.3) is 5.91 Å². The van der Waals surface area contributed by atoms with Gasteiger partial charge < -0.3 is 14.5 Å². The van der Waals surface area contributed by atoms with E-state index in [0.29, 0.717) is 12.3 Å². The van der Waals surface area contributed by atoms with Crippen LogP contribution in [0.1, 0.15) is 47.0 Å². The molecule has 4 rings (SSSR count). The van der Waals surface area contributed by atoms with Gasteiger partial charge >= 0.3 is 0 Å². The Kier molecular flexibility index (Phi) is 8.22. The number of rotatable bonds is 10. The molecule has 1 atom stereocenters. The van der Waals surface area contributed by atoms with Crippen molar-refractivity contribution in [1.29, 1.82) is 0 Å². The van der Waals surface area contributed by atoms with Crippen LogP contribution in [0.15, 0.2) is 76.2 Å². The number of carbonyl (C=O) groups excluding carboxylic acids is 1. The molecular weight excluding hydrogens is 466 g/mol. The molecule has 186 valence electrons. The van der Waals surface area contributed by atoms with Gasteiger partial charge in [-0.05, 0) is 74.0 Å². The highest BCUT2D eigenvalue weighted by molar-refractivity contribution is 7.89. The molecule has 3 aromatic rings. The summed E-state index contributed by atoms with van der Waals surface area (Å²) in [5.41, 5.74) is 1.39. The molecule has 9 heteroatoms. The highest BCUT2D eigenvalue weighted by Gasteiger charge is 2.24. The van der Waals surface area contributed by atoms with Crippen LogP contribution >= 0.6 is 0 Å². The number of methoxy groups -OCH3 is 1. The van der Waals surface area contributed by atoms with E-state index < -0.39 is 10.0 Å². The van der Waals surface area contributed by atoms with Gasteiger partial charge in [-0.25, -0.2) is 13.1 Å². The number of nitrogens with zero attached hydrogens (tertiary/aromatic N) is 1. The number of nitrogens with one attached hydrogen (secondary N) is 2. The maximum atomic E-state index is 13.0. The Balaban J connectivity index is 1.45. The maximum Gasteiger partial charge on any atom is 0.251 e. The Bertz CT molecular complexity index is 1200. The van der Waals surface area contributed by atoms with Crippen molar-refractivity contribution >= 4 is 15.9 Å². The lowest BCUT2D eigenvalue weighted by Crippen LogP contribution is -2.40. The first kappa shape index (κ1) is 25.0. The van der Waals surface area contributed by atoms with Gasteiger partial charge in [-0.3, -0.25) is 9.69 Å². The monoisotopic (exact) mass is 497 g/mol. The fourth-order valence-corrected chi connectivity index (χ4v) is 5.31. The van der Waals surface area contributed by atoms with Crippen LogP contribution < -0.4 is 14.8 Å². The van der Waals surface area contributed by atoms with Crippen LogP contribution in [0.3, 0.4) is 0 Å². The summed E-state index contributed by atoms with van der Waals surface area (Å²) in [6, 6.07) is 17.4. The Morgan fingerprint density at radius 2 is 1.83 bits per heavy atom. The maximum absolute atomic E-state index is 13.0. The van der Waals surface area contributed by atoms with Crippen molar-refractivity contribution in [2.75, 3.05) is 26.7 Å². The number of benzene rings is 2. The molecule has 1 aliphatic rings. The molecule has 1 aromatic heterocycles. The minimum atomic E-state index is -3.80. The van der Waals surface area contributed by atoms with Gasteiger partial charge in [-0.2, -0.15) is 0 Å². The molecule has 1 fully saturated rings. The van der Waals surface area contributed by atoms with Crippen molar-refractivity contribution < 1.29 is 22.4 Å². The van der Waals surface area contributed by atoms with E-state index in [2.05, 4.69) is 14.9 Å². The number of furan rings is 1. The number of hydrogen-bond donors (Lipinski definition) is 2. The molecule has 2 heterocycles. The summed E-state index contributed by atoms with van der Waals surface area (Å²) in [5.74, 6) is 0.974. The molecule has 1 aliphatic heterocycles. The number of sulfonamides is 1. The second-order valence-electron chi connectivity index (χ2n) is 8.53. The molecule has 2 N–H and O–H groups in total. The van der Waals surface area contributed by atoms with Crippen LogP contribution in [0.5, 0.6) is 5.75 Å². The van der Waals surface area contributed by atoms with E-state index in [1.807, 2.05) is 24.3 Å². The number of hydrogen-bond acceptors (Lipinski definition) is 6. The lowest BCUT2D eigenvalue weighted by Gasteiger charge is -2.35. The van der Waals surface area contributed by atoms with Crippen molar-refractivity contribution in [3.8, 4) is 5.75 Å². The first-order chi connectivity index (χ1) is 17.0.